The first-order chi connectivity index (χ1) is 16.6. The Morgan fingerprint density at radius 2 is 1.59 bits per heavy atom. The minimum Gasteiger partial charge on any atom is -0.497 e. The summed E-state index contributed by atoms with van der Waals surface area (Å²) in [4.78, 5) is 16.2. The quantitative estimate of drug-likeness (QED) is 0.345. The molecule has 176 valence electrons. The molecule has 4 rings (SSSR count). The van der Waals surface area contributed by atoms with Gasteiger partial charge in [-0.25, -0.2) is 0 Å². The van der Waals surface area contributed by atoms with E-state index in [1.165, 1.54) is 0 Å². The number of rotatable bonds is 10. The fraction of sp³-hybridized carbons (Fsp3) is 0.250. The van der Waals surface area contributed by atoms with E-state index >= 15 is 0 Å². The van der Waals surface area contributed by atoms with Crippen LogP contribution in [0.2, 0.25) is 0 Å². The largest absolute Gasteiger partial charge is 0.497 e. The fourth-order valence-corrected chi connectivity index (χ4v) is 4.19. The Kier molecular flexibility index (Phi) is 7.38. The molecule has 0 fully saturated rings. The van der Waals surface area contributed by atoms with Crippen LogP contribution in [0.15, 0.2) is 66.7 Å². The molecule has 0 saturated carbocycles. The first-order valence-electron chi connectivity index (χ1n) is 11.3. The van der Waals surface area contributed by atoms with E-state index in [1.807, 2.05) is 54.6 Å². The Morgan fingerprint density at radius 1 is 0.853 bits per heavy atom. The molecule has 0 atom stereocenters. The maximum atomic E-state index is 12.7. The normalized spacial score (nSPS) is 10.8. The lowest BCUT2D eigenvalue weighted by Crippen LogP contribution is -2.26. The van der Waals surface area contributed by atoms with E-state index in [4.69, 9.17) is 14.2 Å². The highest BCUT2D eigenvalue weighted by atomic mass is 16.5. The van der Waals surface area contributed by atoms with Crippen LogP contribution >= 0.6 is 0 Å². The number of carbonyl (C=O) groups is 1. The van der Waals surface area contributed by atoms with Crippen LogP contribution in [0.4, 0.5) is 0 Å². The third-order valence-corrected chi connectivity index (χ3v) is 6.01. The van der Waals surface area contributed by atoms with Gasteiger partial charge in [-0.3, -0.25) is 4.79 Å². The van der Waals surface area contributed by atoms with Crippen LogP contribution in [0, 0.1) is 0 Å². The maximum Gasteiger partial charge on any atom is 0.220 e. The number of benzene rings is 3. The Labute approximate surface area is 199 Å². The summed E-state index contributed by atoms with van der Waals surface area (Å²) in [7, 11) is 4.92. The number of hydrogen-bond acceptors (Lipinski definition) is 4. The van der Waals surface area contributed by atoms with Crippen molar-refractivity contribution >= 4 is 16.8 Å². The van der Waals surface area contributed by atoms with Crippen LogP contribution < -0.4 is 19.5 Å². The molecule has 2 N–H and O–H groups in total. The Hall–Kier alpha value is -3.93. The molecule has 0 spiro atoms. The van der Waals surface area contributed by atoms with Crippen molar-refractivity contribution in [3.8, 4) is 28.5 Å². The van der Waals surface area contributed by atoms with Gasteiger partial charge in [0.05, 0.1) is 21.3 Å². The molecule has 0 aliphatic carbocycles. The van der Waals surface area contributed by atoms with Crippen LogP contribution in [0.5, 0.6) is 17.2 Å². The average molecular weight is 459 g/mol. The zero-order valence-corrected chi connectivity index (χ0v) is 19.8. The highest BCUT2D eigenvalue weighted by Gasteiger charge is 2.15. The lowest BCUT2D eigenvalue weighted by Gasteiger charge is -2.11. The second-order valence-electron chi connectivity index (χ2n) is 8.03. The number of aromatic amines is 1. The van der Waals surface area contributed by atoms with E-state index < -0.39 is 0 Å². The summed E-state index contributed by atoms with van der Waals surface area (Å²) >= 11 is 0. The van der Waals surface area contributed by atoms with Gasteiger partial charge in [-0.2, -0.15) is 0 Å². The first-order valence-corrected chi connectivity index (χ1v) is 11.3. The van der Waals surface area contributed by atoms with Gasteiger partial charge in [0.2, 0.25) is 5.91 Å². The molecule has 0 unspecified atom stereocenters. The van der Waals surface area contributed by atoms with Crippen LogP contribution in [0.3, 0.4) is 0 Å². The number of H-pyrrole nitrogens is 1. The second-order valence-corrected chi connectivity index (χ2v) is 8.03. The molecule has 0 radical (unpaired) electrons. The lowest BCUT2D eigenvalue weighted by atomic mass is 10.0. The molecule has 0 saturated heterocycles. The van der Waals surface area contributed by atoms with E-state index in [0.717, 1.165) is 50.5 Å². The van der Waals surface area contributed by atoms with Crippen molar-refractivity contribution in [2.45, 2.75) is 19.3 Å². The molecule has 1 heterocycles. The minimum atomic E-state index is 0.0263. The fourth-order valence-electron chi connectivity index (χ4n) is 4.19. The average Bonchev–Trinajstić information content (AvgIpc) is 3.26. The van der Waals surface area contributed by atoms with Crippen molar-refractivity contribution in [1.82, 2.24) is 10.3 Å². The summed E-state index contributed by atoms with van der Waals surface area (Å²) in [5, 5.41) is 4.19. The summed E-state index contributed by atoms with van der Waals surface area (Å²) in [6.45, 7) is 0.542. The molecule has 0 aliphatic heterocycles. The van der Waals surface area contributed by atoms with E-state index in [1.54, 1.807) is 21.3 Å². The molecular weight excluding hydrogens is 428 g/mol. The maximum absolute atomic E-state index is 12.7. The predicted octanol–water partition coefficient (Wildman–Crippen LogP) is 5.15. The third-order valence-electron chi connectivity index (χ3n) is 6.01. The first kappa shape index (κ1) is 23.2. The number of methoxy groups -OCH3 is 3. The highest BCUT2D eigenvalue weighted by Crippen LogP contribution is 2.32. The van der Waals surface area contributed by atoms with Gasteiger partial charge in [0, 0.05) is 35.6 Å². The molecular formula is C28H30N2O4. The number of nitrogens with one attached hydrogen (secondary N) is 2. The van der Waals surface area contributed by atoms with Crippen molar-refractivity contribution in [3.05, 3.63) is 77.9 Å². The molecule has 3 aromatic carbocycles. The van der Waals surface area contributed by atoms with E-state index in [0.29, 0.717) is 25.8 Å². The Bertz CT molecular complexity index is 1260. The lowest BCUT2D eigenvalue weighted by molar-refractivity contribution is -0.121. The Balaban J connectivity index is 1.42. The molecule has 6 nitrogen and oxygen atoms in total. The van der Waals surface area contributed by atoms with Gasteiger partial charge in [-0.05, 0) is 65.9 Å². The van der Waals surface area contributed by atoms with E-state index in [2.05, 4.69) is 22.4 Å². The molecule has 1 amide bonds. The smallest absolute Gasteiger partial charge is 0.220 e. The standard InChI is InChI=1S/C28H30N2O4/c1-32-21-11-9-20(10-12-21)28-24(23-6-4-5-7-25(23)30-28)14-15-27(31)29-17-16-19-8-13-22(33-2)18-26(19)34-3/h4-13,18,30H,14-17H2,1-3H3,(H,29,31). The van der Waals surface area contributed by atoms with Crippen molar-refractivity contribution in [2.24, 2.45) is 0 Å². The molecule has 0 aliphatic rings. The van der Waals surface area contributed by atoms with Crippen LogP contribution in [-0.2, 0) is 17.6 Å². The predicted molar refractivity (Wildman–Crippen MR) is 135 cm³/mol. The van der Waals surface area contributed by atoms with Gasteiger partial charge in [0.15, 0.2) is 0 Å². The summed E-state index contributed by atoms with van der Waals surface area (Å²) in [5.74, 6) is 2.35. The molecule has 0 bridgehead atoms. The summed E-state index contributed by atoms with van der Waals surface area (Å²) < 4.78 is 16.0. The van der Waals surface area contributed by atoms with Gasteiger partial charge in [-0.15, -0.1) is 0 Å². The molecule has 1 aromatic heterocycles. The third kappa shape index (κ3) is 5.17. The zero-order chi connectivity index (χ0) is 23.9. The van der Waals surface area contributed by atoms with Crippen LogP contribution in [0.25, 0.3) is 22.2 Å². The molecule has 34 heavy (non-hydrogen) atoms. The van der Waals surface area contributed by atoms with Gasteiger partial charge >= 0.3 is 0 Å². The van der Waals surface area contributed by atoms with E-state index in [-0.39, 0.29) is 5.91 Å². The highest BCUT2D eigenvalue weighted by molar-refractivity contribution is 5.91. The van der Waals surface area contributed by atoms with Crippen molar-refractivity contribution in [3.63, 3.8) is 0 Å². The van der Waals surface area contributed by atoms with Crippen LogP contribution in [-0.4, -0.2) is 38.8 Å². The van der Waals surface area contributed by atoms with Crippen LogP contribution in [0.1, 0.15) is 17.5 Å². The summed E-state index contributed by atoms with van der Waals surface area (Å²) in [5.41, 5.74) is 5.35. The summed E-state index contributed by atoms with van der Waals surface area (Å²) in [6, 6.07) is 21.9. The monoisotopic (exact) mass is 458 g/mol. The summed E-state index contributed by atoms with van der Waals surface area (Å²) in [6.07, 6.45) is 1.73. The number of para-hydroxylation sites is 1. The Morgan fingerprint density at radius 3 is 2.32 bits per heavy atom. The molecule has 4 aromatic rings. The van der Waals surface area contributed by atoms with Crippen molar-refractivity contribution < 1.29 is 19.0 Å². The number of amides is 1. The minimum absolute atomic E-state index is 0.0263. The number of carbonyl (C=O) groups excluding carboxylic acids is 1. The second kappa shape index (κ2) is 10.8. The number of aryl methyl sites for hydroxylation is 1. The van der Waals surface area contributed by atoms with Crippen molar-refractivity contribution in [1.29, 1.82) is 0 Å². The molecule has 6 heteroatoms. The number of hydrogen-bond donors (Lipinski definition) is 2. The SMILES string of the molecule is COc1ccc(-c2[nH]c3ccccc3c2CCC(=O)NCCc2ccc(OC)cc2OC)cc1. The van der Waals surface area contributed by atoms with Gasteiger partial charge < -0.3 is 24.5 Å². The van der Waals surface area contributed by atoms with E-state index in [9.17, 15) is 4.79 Å². The van der Waals surface area contributed by atoms with Gasteiger partial charge in [-0.1, -0.05) is 24.3 Å². The number of ether oxygens (including phenoxy) is 3. The topological polar surface area (TPSA) is 72.6 Å². The number of aromatic nitrogens is 1. The number of fused-ring (bicyclic) bond motifs is 1. The zero-order valence-electron chi connectivity index (χ0n) is 19.8. The van der Waals surface area contributed by atoms with Gasteiger partial charge in [0.25, 0.3) is 0 Å². The van der Waals surface area contributed by atoms with Crippen molar-refractivity contribution in [2.75, 3.05) is 27.9 Å². The van der Waals surface area contributed by atoms with Gasteiger partial charge in [0.1, 0.15) is 17.2 Å².